The van der Waals surface area contributed by atoms with Gasteiger partial charge in [-0.2, -0.15) is 5.10 Å². The maximum Gasteiger partial charge on any atom is 0.270 e. The minimum atomic E-state index is -0.0910. The van der Waals surface area contributed by atoms with E-state index in [4.69, 9.17) is 4.74 Å². The van der Waals surface area contributed by atoms with E-state index in [1.807, 2.05) is 43.2 Å². The zero-order valence-electron chi connectivity index (χ0n) is 17.7. The molecule has 1 spiro atoms. The van der Waals surface area contributed by atoms with Gasteiger partial charge in [0.05, 0.1) is 25.1 Å². The third kappa shape index (κ3) is 3.49. The Kier molecular flexibility index (Phi) is 4.58. The highest BCUT2D eigenvalue weighted by atomic mass is 32.1. The molecule has 1 aliphatic carbocycles. The van der Waals surface area contributed by atoms with Crippen LogP contribution in [0, 0.1) is 5.41 Å². The second-order valence-electron chi connectivity index (χ2n) is 9.01. The predicted octanol–water partition coefficient (Wildman–Crippen LogP) is 3.59. The van der Waals surface area contributed by atoms with Gasteiger partial charge < -0.3 is 10.1 Å². The molecule has 6 rings (SSSR count). The van der Waals surface area contributed by atoms with Gasteiger partial charge >= 0.3 is 0 Å². The minimum Gasteiger partial charge on any atom is -0.380 e. The van der Waals surface area contributed by atoms with E-state index >= 15 is 0 Å². The molecule has 7 nitrogen and oxygen atoms in total. The van der Waals surface area contributed by atoms with Crippen molar-refractivity contribution in [2.24, 2.45) is 12.5 Å². The third-order valence-corrected chi connectivity index (χ3v) is 7.29. The summed E-state index contributed by atoms with van der Waals surface area (Å²) in [5.41, 5.74) is 4.88. The predicted molar refractivity (Wildman–Crippen MR) is 123 cm³/mol. The third-order valence-electron chi connectivity index (χ3n) is 6.49. The van der Waals surface area contributed by atoms with Crippen molar-refractivity contribution in [3.05, 3.63) is 65.1 Å². The number of nitrogens with zero attached hydrogens (tertiary/aromatic N) is 4. The van der Waals surface area contributed by atoms with E-state index < -0.39 is 0 Å². The monoisotopic (exact) mass is 445 g/mol. The fourth-order valence-electron chi connectivity index (χ4n) is 4.73. The summed E-state index contributed by atoms with van der Waals surface area (Å²) in [6, 6.07) is 8.33. The maximum atomic E-state index is 12.9. The molecule has 1 aliphatic heterocycles. The van der Waals surface area contributed by atoms with Gasteiger partial charge in [-0.15, -0.1) is 11.3 Å². The zero-order valence-corrected chi connectivity index (χ0v) is 18.6. The summed E-state index contributed by atoms with van der Waals surface area (Å²) < 4.78 is 7.10. The summed E-state index contributed by atoms with van der Waals surface area (Å²) in [6.45, 7) is 1.66. The summed E-state index contributed by atoms with van der Waals surface area (Å²) in [5, 5.41) is 10.5. The maximum absolute atomic E-state index is 12.9. The first kappa shape index (κ1) is 19.6. The van der Waals surface area contributed by atoms with Crippen LogP contribution in [-0.4, -0.2) is 44.9 Å². The topological polar surface area (TPSA) is 81.9 Å². The molecular formula is C24H23N5O2S. The first-order chi connectivity index (χ1) is 15.6. The molecule has 2 aliphatic rings. The number of amides is 1. The highest BCUT2D eigenvalue weighted by molar-refractivity contribution is 7.16. The van der Waals surface area contributed by atoms with E-state index in [1.165, 1.54) is 0 Å². The fraction of sp³-hybridized carbons (Fsp3) is 0.333. The highest BCUT2D eigenvalue weighted by Gasteiger charge is 2.50. The Morgan fingerprint density at radius 3 is 2.84 bits per heavy atom. The number of rotatable bonds is 5. The summed E-state index contributed by atoms with van der Waals surface area (Å²) >= 11 is 1.56. The average Bonchev–Trinajstić information content (AvgIpc) is 3.38. The smallest absolute Gasteiger partial charge is 0.270 e. The largest absolute Gasteiger partial charge is 0.380 e. The molecule has 0 atom stereocenters. The van der Waals surface area contributed by atoms with E-state index in [0.29, 0.717) is 17.5 Å². The molecule has 8 heteroatoms. The van der Waals surface area contributed by atoms with Crippen LogP contribution in [0.4, 0.5) is 0 Å². The van der Waals surface area contributed by atoms with Crippen molar-refractivity contribution in [1.29, 1.82) is 0 Å². The van der Waals surface area contributed by atoms with Gasteiger partial charge in [0, 0.05) is 41.8 Å². The van der Waals surface area contributed by atoms with Gasteiger partial charge in [-0.05, 0) is 54.0 Å². The standard InChI is InChI=1S/C24H23N5O2S/c1-29-12-17(11-26-29)20-3-2-15(10-25-20)6-16-7-21(28-23-19(16)4-5-32-23)22(30)27-18-8-24(9-18)13-31-14-24/h2-5,7,10-12,18H,6,8-9,13-14H2,1H3,(H,27,30). The van der Waals surface area contributed by atoms with Crippen LogP contribution in [0.25, 0.3) is 21.5 Å². The van der Waals surface area contributed by atoms with Crippen molar-refractivity contribution in [1.82, 2.24) is 25.1 Å². The van der Waals surface area contributed by atoms with Crippen molar-refractivity contribution >= 4 is 27.5 Å². The Morgan fingerprint density at radius 1 is 1.28 bits per heavy atom. The van der Waals surface area contributed by atoms with Gasteiger partial charge in [0.1, 0.15) is 10.5 Å². The van der Waals surface area contributed by atoms with Crippen LogP contribution in [-0.2, 0) is 18.2 Å². The number of fused-ring (bicyclic) bond motifs is 1. The molecular weight excluding hydrogens is 422 g/mol. The summed E-state index contributed by atoms with van der Waals surface area (Å²) in [5.74, 6) is -0.0910. The number of aromatic nitrogens is 4. The normalized spacial score (nSPS) is 17.3. The van der Waals surface area contributed by atoms with Gasteiger partial charge in [0.2, 0.25) is 0 Å². The molecule has 162 valence electrons. The molecule has 1 saturated carbocycles. The van der Waals surface area contributed by atoms with Crippen molar-refractivity contribution in [3.63, 3.8) is 0 Å². The molecule has 5 heterocycles. The first-order valence-corrected chi connectivity index (χ1v) is 11.6. The van der Waals surface area contributed by atoms with Crippen LogP contribution in [0.2, 0.25) is 0 Å². The fourth-order valence-corrected chi connectivity index (χ4v) is 5.54. The van der Waals surface area contributed by atoms with E-state index in [1.54, 1.807) is 16.0 Å². The molecule has 0 unspecified atom stereocenters. The molecule has 4 aromatic heterocycles. The Hall–Kier alpha value is -3.10. The number of pyridine rings is 2. The molecule has 2 fully saturated rings. The summed E-state index contributed by atoms with van der Waals surface area (Å²) in [4.78, 5) is 23.1. The molecule has 1 N–H and O–H groups in total. The van der Waals surface area contributed by atoms with E-state index in [2.05, 4.69) is 32.5 Å². The first-order valence-electron chi connectivity index (χ1n) is 10.8. The van der Waals surface area contributed by atoms with Crippen molar-refractivity contribution in [3.8, 4) is 11.3 Å². The van der Waals surface area contributed by atoms with Crippen LogP contribution in [0.15, 0.2) is 48.2 Å². The molecule has 1 saturated heterocycles. The Labute approximate surface area is 189 Å². The van der Waals surface area contributed by atoms with Gasteiger partial charge in [-0.25, -0.2) is 4.98 Å². The lowest BCUT2D eigenvalue weighted by molar-refractivity contribution is -0.165. The number of hydrogen-bond acceptors (Lipinski definition) is 6. The molecule has 1 amide bonds. The second-order valence-corrected chi connectivity index (χ2v) is 9.90. The molecule has 4 aromatic rings. The lowest BCUT2D eigenvalue weighted by Crippen LogP contribution is -2.59. The lowest BCUT2D eigenvalue weighted by Gasteiger charge is -2.53. The zero-order chi connectivity index (χ0) is 21.7. The van der Waals surface area contributed by atoms with E-state index in [-0.39, 0.29) is 11.9 Å². The van der Waals surface area contributed by atoms with Crippen LogP contribution >= 0.6 is 11.3 Å². The highest BCUT2D eigenvalue weighted by Crippen LogP contribution is 2.46. The number of carbonyl (C=O) groups excluding carboxylic acids is 1. The quantitative estimate of drug-likeness (QED) is 0.508. The van der Waals surface area contributed by atoms with Crippen LogP contribution in [0.1, 0.15) is 34.5 Å². The Bertz CT molecular complexity index is 1300. The molecule has 32 heavy (non-hydrogen) atoms. The number of thiophene rings is 1. The molecule has 0 radical (unpaired) electrons. The van der Waals surface area contributed by atoms with Crippen LogP contribution in [0.5, 0.6) is 0 Å². The molecule has 0 aromatic carbocycles. The summed E-state index contributed by atoms with van der Waals surface area (Å²) in [7, 11) is 1.89. The van der Waals surface area contributed by atoms with Gasteiger partial charge in [-0.1, -0.05) is 6.07 Å². The number of carbonyl (C=O) groups is 1. The average molecular weight is 446 g/mol. The van der Waals surface area contributed by atoms with E-state index in [0.717, 1.165) is 58.7 Å². The number of nitrogens with one attached hydrogen (secondary N) is 1. The van der Waals surface area contributed by atoms with Crippen molar-refractivity contribution in [2.75, 3.05) is 13.2 Å². The van der Waals surface area contributed by atoms with Crippen molar-refractivity contribution in [2.45, 2.75) is 25.3 Å². The van der Waals surface area contributed by atoms with Gasteiger partial charge in [-0.3, -0.25) is 14.5 Å². The summed E-state index contributed by atoms with van der Waals surface area (Å²) in [6.07, 6.45) is 8.36. The lowest BCUT2D eigenvalue weighted by atomic mass is 9.64. The number of hydrogen-bond donors (Lipinski definition) is 1. The number of aryl methyl sites for hydroxylation is 1. The molecule has 0 bridgehead atoms. The Morgan fingerprint density at radius 2 is 2.16 bits per heavy atom. The van der Waals surface area contributed by atoms with Crippen LogP contribution in [0.3, 0.4) is 0 Å². The second kappa shape index (κ2) is 7.50. The Balaban J connectivity index is 1.22. The van der Waals surface area contributed by atoms with E-state index in [9.17, 15) is 4.79 Å². The number of ether oxygens (including phenoxy) is 1. The minimum absolute atomic E-state index is 0.0910. The van der Waals surface area contributed by atoms with Gasteiger partial charge in [0.25, 0.3) is 5.91 Å². The van der Waals surface area contributed by atoms with Crippen molar-refractivity contribution < 1.29 is 9.53 Å². The SMILES string of the molecule is Cn1cc(-c2ccc(Cc3cc(C(=O)NC4CC5(COC5)C4)nc4sccc34)cn2)cn1. The van der Waals surface area contributed by atoms with Gasteiger partial charge in [0.15, 0.2) is 0 Å². The van der Waals surface area contributed by atoms with Crippen LogP contribution < -0.4 is 5.32 Å².